The first kappa shape index (κ1) is 12.1. The van der Waals surface area contributed by atoms with Crippen LogP contribution < -0.4 is 5.19 Å². The zero-order valence-corrected chi connectivity index (χ0v) is 13.2. The van der Waals surface area contributed by atoms with Gasteiger partial charge in [0.1, 0.15) is 5.15 Å². The average molecular weight is 292 g/mol. The van der Waals surface area contributed by atoms with Gasteiger partial charge in [-0.2, -0.15) is 0 Å². The number of fused-ring (bicyclic) bond motifs is 3. The molecule has 0 saturated carbocycles. The number of thiophene rings is 1. The molecule has 0 bridgehead atoms. The normalized spacial score (nSPS) is 12.4. The molecule has 0 spiro atoms. The maximum absolute atomic E-state index is 6.21. The summed E-state index contributed by atoms with van der Waals surface area (Å²) in [4.78, 5) is 4.18. The van der Waals surface area contributed by atoms with Gasteiger partial charge in [0.2, 0.25) is 0 Å². The van der Waals surface area contributed by atoms with Gasteiger partial charge in [-0.3, -0.25) is 0 Å². The van der Waals surface area contributed by atoms with Gasteiger partial charge in [-0.05, 0) is 11.3 Å². The Hall–Kier alpha value is -0.903. The second kappa shape index (κ2) is 4.05. The van der Waals surface area contributed by atoms with Gasteiger partial charge in [0.15, 0.2) is 0 Å². The fraction of sp³-hybridized carbons (Fsp3) is 0.214. The lowest BCUT2D eigenvalue weighted by molar-refractivity contribution is 1.37. The molecule has 1 nitrogen and oxygen atoms in total. The summed E-state index contributed by atoms with van der Waals surface area (Å²) in [5.41, 5.74) is 0. The second-order valence-corrected chi connectivity index (χ2v) is 11.9. The molecule has 92 valence electrons. The van der Waals surface area contributed by atoms with Gasteiger partial charge >= 0.3 is 0 Å². The summed E-state index contributed by atoms with van der Waals surface area (Å²) in [7, 11) is -1.33. The van der Waals surface area contributed by atoms with Gasteiger partial charge in [-0.25, -0.2) is 4.98 Å². The molecular weight excluding hydrogens is 278 g/mol. The monoisotopic (exact) mass is 291 g/mol. The largest absolute Gasteiger partial charge is 0.243 e. The van der Waals surface area contributed by atoms with Crippen LogP contribution >= 0.6 is 22.9 Å². The molecule has 2 aromatic heterocycles. The molecule has 0 radical (unpaired) electrons. The third-order valence-electron chi connectivity index (χ3n) is 3.18. The van der Waals surface area contributed by atoms with E-state index in [0.29, 0.717) is 5.15 Å². The number of halogens is 1. The van der Waals surface area contributed by atoms with Crippen molar-refractivity contribution in [2.45, 2.75) is 19.6 Å². The van der Waals surface area contributed by atoms with Gasteiger partial charge in [-0.1, -0.05) is 49.4 Å². The van der Waals surface area contributed by atoms with Crippen LogP contribution in [0.25, 0.3) is 20.2 Å². The summed E-state index contributed by atoms with van der Waals surface area (Å²) in [5, 5.41) is 4.68. The van der Waals surface area contributed by atoms with E-state index in [2.05, 4.69) is 48.9 Å². The van der Waals surface area contributed by atoms with Crippen molar-refractivity contribution in [2.24, 2.45) is 0 Å². The van der Waals surface area contributed by atoms with Crippen molar-refractivity contribution in [3.8, 4) is 0 Å². The minimum Gasteiger partial charge on any atom is -0.243 e. The fourth-order valence-electron chi connectivity index (χ4n) is 2.28. The number of pyridine rings is 1. The predicted molar refractivity (Wildman–Crippen MR) is 85.1 cm³/mol. The number of aromatic nitrogens is 1. The Bertz CT molecular complexity index is 742. The molecular formula is C14H14ClNSSi. The molecule has 0 aliphatic rings. The molecule has 0 aliphatic heterocycles. The lowest BCUT2D eigenvalue weighted by atomic mass is 10.2. The van der Waals surface area contributed by atoms with Crippen LogP contribution in [0, 0.1) is 0 Å². The number of rotatable bonds is 1. The van der Waals surface area contributed by atoms with Crippen LogP contribution in [0.1, 0.15) is 0 Å². The van der Waals surface area contributed by atoms with E-state index >= 15 is 0 Å². The standard InChI is InChI=1S/C14H14ClNSSi/c1-18(2,3)11-6-4-5-9-10-7-8-16-14(15)13(10)17-12(9)11/h4-8H,1-3H3. The SMILES string of the molecule is C[Si](C)(C)c1cccc2c1sc1c(Cl)nccc12. The second-order valence-electron chi connectivity index (χ2n) is 5.51. The van der Waals surface area contributed by atoms with Crippen molar-refractivity contribution in [2.75, 3.05) is 0 Å². The van der Waals surface area contributed by atoms with E-state index in [1.54, 1.807) is 17.5 Å². The molecule has 18 heavy (non-hydrogen) atoms. The molecule has 0 N–H and O–H groups in total. The zero-order chi connectivity index (χ0) is 12.9. The average Bonchev–Trinajstić information content (AvgIpc) is 2.68. The van der Waals surface area contributed by atoms with Gasteiger partial charge in [-0.15, -0.1) is 11.3 Å². The zero-order valence-electron chi connectivity index (χ0n) is 10.6. The Morgan fingerprint density at radius 1 is 1.06 bits per heavy atom. The van der Waals surface area contributed by atoms with Crippen LogP contribution in [-0.4, -0.2) is 13.1 Å². The highest BCUT2D eigenvalue weighted by Gasteiger charge is 2.21. The lowest BCUT2D eigenvalue weighted by Gasteiger charge is -2.17. The molecule has 3 rings (SSSR count). The third-order valence-corrected chi connectivity index (χ3v) is 7.05. The minimum atomic E-state index is -1.33. The Labute approximate surface area is 116 Å². The first-order valence-electron chi connectivity index (χ1n) is 5.95. The highest BCUT2D eigenvalue weighted by molar-refractivity contribution is 7.28. The first-order valence-corrected chi connectivity index (χ1v) is 10.6. The van der Waals surface area contributed by atoms with Crippen LogP contribution in [-0.2, 0) is 0 Å². The van der Waals surface area contributed by atoms with Gasteiger partial charge in [0, 0.05) is 21.7 Å². The van der Waals surface area contributed by atoms with Crippen molar-refractivity contribution < 1.29 is 0 Å². The quantitative estimate of drug-likeness (QED) is 0.470. The number of hydrogen-bond acceptors (Lipinski definition) is 2. The number of nitrogens with zero attached hydrogens (tertiary/aromatic N) is 1. The van der Waals surface area contributed by atoms with E-state index in [9.17, 15) is 0 Å². The van der Waals surface area contributed by atoms with Crippen molar-refractivity contribution in [1.82, 2.24) is 4.98 Å². The summed E-state index contributed by atoms with van der Waals surface area (Å²) in [6.45, 7) is 7.14. The molecule has 3 aromatic rings. The summed E-state index contributed by atoms with van der Waals surface area (Å²) in [6, 6.07) is 8.68. The van der Waals surface area contributed by atoms with Gasteiger partial charge < -0.3 is 0 Å². The van der Waals surface area contributed by atoms with Crippen LogP contribution in [0.3, 0.4) is 0 Å². The fourth-order valence-corrected chi connectivity index (χ4v) is 6.14. The first-order chi connectivity index (χ1) is 8.48. The van der Waals surface area contributed by atoms with Crippen LogP contribution in [0.5, 0.6) is 0 Å². The summed E-state index contributed by atoms with van der Waals surface area (Å²) < 4.78 is 2.50. The highest BCUT2D eigenvalue weighted by Crippen LogP contribution is 2.36. The third kappa shape index (κ3) is 1.78. The summed E-state index contributed by atoms with van der Waals surface area (Å²) in [5.74, 6) is 0. The highest BCUT2D eigenvalue weighted by atomic mass is 35.5. The van der Waals surface area contributed by atoms with Crippen molar-refractivity contribution in [3.05, 3.63) is 35.6 Å². The topological polar surface area (TPSA) is 12.9 Å². The Morgan fingerprint density at radius 3 is 2.50 bits per heavy atom. The molecule has 2 heterocycles. The molecule has 0 atom stereocenters. The van der Waals surface area contributed by atoms with Gasteiger partial charge in [0.05, 0.1) is 12.8 Å². The van der Waals surface area contributed by atoms with E-state index in [4.69, 9.17) is 11.6 Å². The Kier molecular flexibility index (Phi) is 2.73. The molecule has 0 saturated heterocycles. The van der Waals surface area contributed by atoms with E-state index < -0.39 is 8.07 Å². The number of hydrogen-bond donors (Lipinski definition) is 0. The Morgan fingerprint density at radius 2 is 1.78 bits per heavy atom. The molecule has 0 amide bonds. The Balaban J connectivity index is 2.50. The molecule has 1 aromatic carbocycles. The molecule has 0 fully saturated rings. The lowest BCUT2D eigenvalue weighted by Crippen LogP contribution is -2.37. The van der Waals surface area contributed by atoms with Crippen molar-refractivity contribution in [3.63, 3.8) is 0 Å². The van der Waals surface area contributed by atoms with Gasteiger partial charge in [0.25, 0.3) is 0 Å². The maximum atomic E-state index is 6.21. The van der Waals surface area contributed by atoms with Crippen molar-refractivity contribution in [1.29, 1.82) is 0 Å². The minimum absolute atomic E-state index is 0.621. The van der Waals surface area contributed by atoms with E-state index in [-0.39, 0.29) is 0 Å². The molecule has 4 heteroatoms. The van der Waals surface area contributed by atoms with Crippen LogP contribution in [0.4, 0.5) is 0 Å². The van der Waals surface area contributed by atoms with Crippen LogP contribution in [0.15, 0.2) is 30.5 Å². The smallest absolute Gasteiger partial charge is 0.146 e. The van der Waals surface area contributed by atoms with Crippen LogP contribution in [0.2, 0.25) is 24.8 Å². The predicted octanol–water partition coefficient (Wildman–Crippen LogP) is 4.65. The summed E-state index contributed by atoms with van der Waals surface area (Å²) in [6.07, 6.45) is 1.79. The van der Waals surface area contributed by atoms with E-state index in [1.807, 2.05) is 0 Å². The van der Waals surface area contributed by atoms with Crippen molar-refractivity contribution >= 4 is 56.4 Å². The van der Waals surface area contributed by atoms with E-state index in [0.717, 1.165) is 4.70 Å². The molecule has 0 aliphatic carbocycles. The molecule has 0 unspecified atom stereocenters. The maximum Gasteiger partial charge on any atom is 0.146 e. The number of benzene rings is 1. The van der Waals surface area contributed by atoms with E-state index in [1.165, 1.54) is 20.7 Å². The summed E-state index contributed by atoms with van der Waals surface area (Å²) >= 11 is 7.99.